The standard InChI is InChI=1S/C21H28N2O4S/c1-14-7-3-4-8-16(14)22-21(26)15(2)27-20(25)11-12-23-17-9-5-6-10-18(17)28-13-19(23)24/h5-6,9-10,14-16H,3-4,7-8,11-13H2,1-2H3,(H,22,26)/t14-,15+,16+/m0/s1. The van der Waals surface area contributed by atoms with Gasteiger partial charge in [0.25, 0.3) is 5.91 Å². The van der Waals surface area contributed by atoms with Crippen LogP contribution < -0.4 is 10.2 Å². The number of nitrogens with one attached hydrogen (secondary N) is 1. The van der Waals surface area contributed by atoms with Crippen molar-refractivity contribution in [3.63, 3.8) is 0 Å². The molecule has 2 amide bonds. The van der Waals surface area contributed by atoms with E-state index in [0.29, 0.717) is 11.7 Å². The molecule has 1 aliphatic heterocycles. The molecule has 3 atom stereocenters. The highest BCUT2D eigenvalue weighted by Gasteiger charge is 2.28. The number of anilines is 1. The predicted molar refractivity (Wildman–Crippen MR) is 109 cm³/mol. The van der Waals surface area contributed by atoms with Gasteiger partial charge in [0.15, 0.2) is 6.10 Å². The van der Waals surface area contributed by atoms with E-state index in [9.17, 15) is 14.4 Å². The lowest BCUT2D eigenvalue weighted by Crippen LogP contribution is -2.46. The summed E-state index contributed by atoms with van der Waals surface area (Å²) in [5.41, 5.74) is 0.827. The smallest absolute Gasteiger partial charge is 0.308 e. The number of esters is 1. The minimum absolute atomic E-state index is 0.0198. The molecule has 7 heteroatoms. The van der Waals surface area contributed by atoms with E-state index in [1.54, 1.807) is 11.8 Å². The maximum atomic E-state index is 12.4. The molecule has 0 aromatic heterocycles. The normalized spacial score (nSPS) is 22.9. The highest BCUT2D eigenvalue weighted by molar-refractivity contribution is 8.00. The minimum Gasteiger partial charge on any atom is -0.452 e. The Morgan fingerprint density at radius 2 is 2.04 bits per heavy atom. The summed E-state index contributed by atoms with van der Waals surface area (Å²) in [4.78, 5) is 39.5. The number of benzene rings is 1. The Labute approximate surface area is 170 Å². The summed E-state index contributed by atoms with van der Waals surface area (Å²) in [7, 11) is 0. The van der Waals surface area contributed by atoms with E-state index < -0.39 is 12.1 Å². The first-order valence-corrected chi connectivity index (χ1v) is 11.0. The fourth-order valence-corrected chi connectivity index (χ4v) is 4.68. The molecule has 6 nitrogen and oxygen atoms in total. The topological polar surface area (TPSA) is 75.7 Å². The molecule has 3 rings (SSSR count). The van der Waals surface area contributed by atoms with E-state index >= 15 is 0 Å². The number of ether oxygens (including phenoxy) is 1. The average Bonchev–Trinajstić information content (AvgIpc) is 2.69. The van der Waals surface area contributed by atoms with Gasteiger partial charge in [-0.1, -0.05) is 31.9 Å². The van der Waals surface area contributed by atoms with Crippen LogP contribution in [0.3, 0.4) is 0 Å². The van der Waals surface area contributed by atoms with Crippen molar-refractivity contribution in [2.24, 2.45) is 5.92 Å². The Kier molecular flexibility index (Phi) is 6.99. The Hall–Kier alpha value is -2.02. The number of hydrogen-bond acceptors (Lipinski definition) is 5. The first kappa shape index (κ1) is 20.7. The fraction of sp³-hybridized carbons (Fsp3) is 0.571. The number of carbonyl (C=O) groups excluding carboxylic acids is 3. The average molecular weight is 405 g/mol. The van der Waals surface area contributed by atoms with Crippen LogP contribution in [0, 0.1) is 5.92 Å². The zero-order chi connectivity index (χ0) is 20.1. The number of hydrogen-bond donors (Lipinski definition) is 1. The third-order valence-electron chi connectivity index (χ3n) is 5.46. The third-order valence-corrected chi connectivity index (χ3v) is 6.51. The van der Waals surface area contributed by atoms with Gasteiger partial charge >= 0.3 is 5.97 Å². The molecule has 1 aromatic rings. The van der Waals surface area contributed by atoms with Gasteiger partial charge in [-0.15, -0.1) is 11.8 Å². The molecule has 28 heavy (non-hydrogen) atoms. The van der Waals surface area contributed by atoms with Crippen LogP contribution in [0.4, 0.5) is 5.69 Å². The van der Waals surface area contributed by atoms with Crippen LogP contribution in [-0.2, 0) is 19.1 Å². The molecule has 0 spiro atoms. The van der Waals surface area contributed by atoms with Crippen molar-refractivity contribution in [2.75, 3.05) is 17.2 Å². The van der Waals surface area contributed by atoms with Gasteiger partial charge in [-0.05, 0) is 37.8 Å². The Bertz CT molecular complexity index is 739. The van der Waals surface area contributed by atoms with E-state index in [4.69, 9.17) is 4.74 Å². The first-order chi connectivity index (χ1) is 13.5. The van der Waals surface area contributed by atoms with Crippen molar-refractivity contribution in [2.45, 2.75) is 63.0 Å². The summed E-state index contributed by atoms with van der Waals surface area (Å²) in [5.74, 6) is 0.0766. The second-order valence-corrected chi connectivity index (χ2v) is 8.58. The van der Waals surface area contributed by atoms with Crippen LogP contribution in [0.25, 0.3) is 0 Å². The molecule has 152 valence electrons. The summed E-state index contributed by atoms with van der Waals surface area (Å²) in [6.07, 6.45) is 3.64. The first-order valence-electron chi connectivity index (χ1n) is 9.97. The van der Waals surface area contributed by atoms with Gasteiger partial charge in [-0.25, -0.2) is 0 Å². The maximum Gasteiger partial charge on any atom is 0.308 e. The molecule has 0 saturated heterocycles. The van der Waals surface area contributed by atoms with E-state index in [2.05, 4.69) is 12.2 Å². The summed E-state index contributed by atoms with van der Waals surface area (Å²) in [6.45, 7) is 3.99. The van der Waals surface area contributed by atoms with Crippen molar-refractivity contribution in [1.29, 1.82) is 0 Å². The molecule has 1 aromatic carbocycles. The molecule has 0 radical (unpaired) electrons. The largest absolute Gasteiger partial charge is 0.452 e. The Morgan fingerprint density at radius 3 is 2.82 bits per heavy atom. The zero-order valence-electron chi connectivity index (χ0n) is 16.5. The van der Waals surface area contributed by atoms with E-state index in [1.165, 1.54) is 18.2 Å². The van der Waals surface area contributed by atoms with E-state index in [1.807, 2.05) is 24.3 Å². The molecule has 1 N–H and O–H groups in total. The lowest BCUT2D eigenvalue weighted by atomic mass is 9.86. The lowest BCUT2D eigenvalue weighted by Gasteiger charge is -2.30. The van der Waals surface area contributed by atoms with Crippen LogP contribution in [0.5, 0.6) is 0 Å². The highest BCUT2D eigenvalue weighted by Crippen LogP contribution is 2.34. The van der Waals surface area contributed by atoms with Gasteiger partial charge in [0.1, 0.15) is 0 Å². The molecule has 2 aliphatic rings. The lowest BCUT2D eigenvalue weighted by molar-refractivity contribution is -0.155. The van der Waals surface area contributed by atoms with Crippen LogP contribution >= 0.6 is 11.8 Å². The minimum atomic E-state index is -0.832. The van der Waals surface area contributed by atoms with Crippen molar-refractivity contribution < 1.29 is 19.1 Å². The number of para-hydroxylation sites is 1. The summed E-state index contributed by atoms with van der Waals surface area (Å²) in [6, 6.07) is 7.81. The molecule has 0 bridgehead atoms. The molecule has 1 aliphatic carbocycles. The van der Waals surface area contributed by atoms with Gasteiger partial charge in [0.05, 0.1) is 17.9 Å². The SMILES string of the molecule is C[C@@H](OC(=O)CCN1C(=O)CSc2ccccc21)C(=O)N[C@@H]1CCCC[C@@H]1C. The van der Waals surface area contributed by atoms with E-state index in [-0.39, 0.29) is 30.8 Å². The number of thioether (sulfide) groups is 1. The fourth-order valence-electron chi connectivity index (χ4n) is 3.74. The summed E-state index contributed by atoms with van der Waals surface area (Å²) < 4.78 is 5.31. The number of fused-ring (bicyclic) bond motifs is 1. The van der Waals surface area contributed by atoms with Crippen molar-refractivity contribution >= 4 is 35.2 Å². The van der Waals surface area contributed by atoms with Gasteiger partial charge in [0.2, 0.25) is 5.91 Å². The second-order valence-electron chi connectivity index (χ2n) is 7.56. The molecule has 1 heterocycles. The van der Waals surface area contributed by atoms with Crippen LogP contribution in [0.1, 0.15) is 46.0 Å². The number of nitrogens with zero attached hydrogens (tertiary/aromatic N) is 1. The number of carbonyl (C=O) groups is 3. The van der Waals surface area contributed by atoms with E-state index in [0.717, 1.165) is 29.8 Å². The summed E-state index contributed by atoms with van der Waals surface area (Å²) in [5, 5.41) is 3.02. The third kappa shape index (κ3) is 5.07. The Balaban J connectivity index is 1.49. The molecular weight excluding hydrogens is 376 g/mol. The number of rotatable bonds is 6. The van der Waals surface area contributed by atoms with Gasteiger partial charge < -0.3 is 15.0 Å². The predicted octanol–water partition coefficient (Wildman–Crippen LogP) is 3.14. The van der Waals surface area contributed by atoms with Crippen LogP contribution in [0.2, 0.25) is 0 Å². The monoisotopic (exact) mass is 404 g/mol. The van der Waals surface area contributed by atoms with Gasteiger partial charge in [0, 0.05) is 17.5 Å². The van der Waals surface area contributed by atoms with Gasteiger partial charge in [-0.2, -0.15) is 0 Å². The van der Waals surface area contributed by atoms with Crippen molar-refractivity contribution in [1.82, 2.24) is 5.32 Å². The van der Waals surface area contributed by atoms with Crippen molar-refractivity contribution in [3.05, 3.63) is 24.3 Å². The van der Waals surface area contributed by atoms with Gasteiger partial charge in [-0.3, -0.25) is 14.4 Å². The maximum absolute atomic E-state index is 12.4. The zero-order valence-corrected chi connectivity index (χ0v) is 17.3. The van der Waals surface area contributed by atoms with Crippen molar-refractivity contribution in [3.8, 4) is 0 Å². The Morgan fingerprint density at radius 1 is 1.29 bits per heavy atom. The summed E-state index contributed by atoms with van der Waals surface area (Å²) >= 11 is 1.51. The quantitative estimate of drug-likeness (QED) is 0.737. The number of amides is 2. The molecular formula is C21H28N2O4S. The molecule has 1 fully saturated rings. The second kappa shape index (κ2) is 9.45. The molecule has 0 unspecified atom stereocenters. The highest BCUT2D eigenvalue weighted by atomic mass is 32.2. The molecule has 1 saturated carbocycles. The van der Waals surface area contributed by atoms with Crippen LogP contribution in [0.15, 0.2) is 29.2 Å². The van der Waals surface area contributed by atoms with Crippen LogP contribution in [-0.4, -0.2) is 42.2 Å².